The van der Waals surface area contributed by atoms with Gasteiger partial charge >= 0.3 is 5.97 Å². The summed E-state index contributed by atoms with van der Waals surface area (Å²) in [5, 5.41) is 0. The molecule has 3 unspecified atom stereocenters. The molecule has 1 rings (SSSR count). The van der Waals surface area contributed by atoms with Gasteiger partial charge in [-0.2, -0.15) is 0 Å². The van der Waals surface area contributed by atoms with Crippen molar-refractivity contribution >= 4 is 5.97 Å². The molecule has 3 heteroatoms. The molecule has 0 aliphatic heterocycles. The second kappa shape index (κ2) is 5.48. The standard InChI is InChI=1S/C13H22O3/c1-5-10(3)13(16-12(14)6-2)8-7-11(9-13)15-4/h6,10-11H,2,5,7-9H2,1,3-4H3. The van der Waals surface area contributed by atoms with Crippen molar-refractivity contribution in [3.63, 3.8) is 0 Å². The summed E-state index contributed by atoms with van der Waals surface area (Å²) in [6, 6.07) is 0. The number of ether oxygens (including phenoxy) is 2. The summed E-state index contributed by atoms with van der Waals surface area (Å²) in [5.74, 6) is 0.0357. The van der Waals surface area contributed by atoms with Crippen molar-refractivity contribution in [1.82, 2.24) is 0 Å². The molecule has 0 bridgehead atoms. The molecule has 92 valence electrons. The lowest BCUT2D eigenvalue weighted by atomic mass is 9.85. The maximum atomic E-state index is 11.4. The third kappa shape index (κ3) is 2.64. The van der Waals surface area contributed by atoms with Gasteiger partial charge in [0.25, 0.3) is 0 Å². The monoisotopic (exact) mass is 226 g/mol. The van der Waals surface area contributed by atoms with Crippen LogP contribution in [0.5, 0.6) is 0 Å². The van der Waals surface area contributed by atoms with E-state index in [9.17, 15) is 4.79 Å². The fourth-order valence-corrected chi connectivity index (χ4v) is 2.45. The lowest BCUT2D eigenvalue weighted by Crippen LogP contribution is -2.39. The molecule has 1 fully saturated rings. The van der Waals surface area contributed by atoms with E-state index in [1.165, 1.54) is 6.08 Å². The smallest absolute Gasteiger partial charge is 0.330 e. The molecule has 0 amide bonds. The van der Waals surface area contributed by atoms with Crippen LogP contribution in [-0.4, -0.2) is 24.8 Å². The van der Waals surface area contributed by atoms with Gasteiger partial charge in [0.1, 0.15) is 5.60 Å². The molecule has 0 radical (unpaired) electrons. The van der Waals surface area contributed by atoms with Gasteiger partial charge in [-0.05, 0) is 25.2 Å². The van der Waals surface area contributed by atoms with E-state index in [0.717, 1.165) is 25.7 Å². The van der Waals surface area contributed by atoms with Crippen LogP contribution < -0.4 is 0 Å². The van der Waals surface area contributed by atoms with Crippen LogP contribution in [0.3, 0.4) is 0 Å². The predicted octanol–water partition coefficient (Wildman–Crippen LogP) is 2.70. The summed E-state index contributed by atoms with van der Waals surface area (Å²) in [6.45, 7) is 7.71. The molecule has 0 N–H and O–H groups in total. The van der Waals surface area contributed by atoms with E-state index < -0.39 is 0 Å². The Morgan fingerprint density at radius 3 is 2.81 bits per heavy atom. The average Bonchev–Trinajstić information content (AvgIpc) is 2.72. The van der Waals surface area contributed by atoms with E-state index in [2.05, 4.69) is 20.4 Å². The number of hydrogen-bond donors (Lipinski definition) is 0. The Labute approximate surface area is 97.8 Å². The number of esters is 1. The molecule has 1 saturated carbocycles. The third-order valence-corrected chi connectivity index (χ3v) is 3.78. The van der Waals surface area contributed by atoms with E-state index in [0.29, 0.717) is 5.92 Å². The zero-order chi connectivity index (χ0) is 12.2. The topological polar surface area (TPSA) is 35.5 Å². The Hall–Kier alpha value is -0.830. The zero-order valence-electron chi connectivity index (χ0n) is 10.5. The summed E-state index contributed by atoms with van der Waals surface area (Å²) >= 11 is 0. The van der Waals surface area contributed by atoms with Crippen LogP contribution in [0.25, 0.3) is 0 Å². The van der Waals surface area contributed by atoms with Gasteiger partial charge in [0.2, 0.25) is 0 Å². The second-order valence-electron chi connectivity index (χ2n) is 4.60. The van der Waals surface area contributed by atoms with Crippen LogP contribution >= 0.6 is 0 Å². The quantitative estimate of drug-likeness (QED) is 0.534. The van der Waals surface area contributed by atoms with E-state index in [4.69, 9.17) is 9.47 Å². The Morgan fingerprint density at radius 1 is 1.69 bits per heavy atom. The molecule has 0 spiro atoms. The molecule has 0 aromatic carbocycles. The highest BCUT2D eigenvalue weighted by atomic mass is 16.6. The number of rotatable bonds is 5. The molecular weight excluding hydrogens is 204 g/mol. The fraction of sp³-hybridized carbons (Fsp3) is 0.769. The number of hydrogen-bond acceptors (Lipinski definition) is 3. The summed E-state index contributed by atoms with van der Waals surface area (Å²) in [5.41, 5.74) is -0.347. The normalized spacial score (nSPS) is 31.1. The van der Waals surface area contributed by atoms with Crippen LogP contribution in [0.15, 0.2) is 12.7 Å². The van der Waals surface area contributed by atoms with Crippen molar-refractivity contribution in [2.45, 2.75) is 51.2 Å². The lowest BCUT2D eigenvalue weighted by molar-refractivity contribution is -0.159. The van der Waals surface area contributed by atoms with Crippen molar-refractivity contribution in [2.24, 2.45) is 5.92 Å². The van der Waals surface area contributed by atoms with Gasteiger partial charge in [0.15, 0.2) is 0 Å². The maximum absolute atomic E-state index is 11.4. The Morgan fingerprint density at radius 2 is 2.38 bits per heavy atom. The molecule has 0 aromatic rings. The third-order valence-electron chi connectivity index (χ3n) is 3.78. The number of carbonyl (C=O) groups is 1. The maximum Gasteiger partial charge on any atom is 0.330 e. The van der Waals surface area contributed by atoms with Crippen molar-refractivity contribution in [3.8, 4) is 0 Å². The molecule has 3 nitrogen and oxygen atoms in total. The van der Waals surface area contributed by atoms with E-state index in [1.54, 1.807) is 7.11 Å². The van der Waals surface area contributed by atoms with Gasteiger partial charge in [0.05, 0.1) is 6.10 Å². The van der Waals surface area contributed by atoms with Crippen LogP contribution in [-0.2, 0) is 14.3 Å². The first-order chi connectivity index (χ1) is 7.57. The van der Waals surface area contributed by atoms with Gasteiger partial charge in [-0.3, -0.25) is 0 Å². The molecule has 0 aromatic heterocycles. The minimum Gasteiger partial charge on any atom is -0.456 e. The van der Waals surface area contributed by atoms with E-state index in [1.807, 2.05) is 0 Å². The Balaban J connectivity index is 2.78. The molecule has 0 heterocycles. The molecule has 16 heavy (non-hydrogen) atoms. The fourth-order valence-electron chi connectivity index (χ4n) is 2.45. The first-order valence-electron chi connectivity index (χ1n) is 5.96. The molecule has 1 aliphatic carbocycles. The van der Waals surface area contributed by atoms with Crippen molar-refractivity contribution in [1.29, 1.82) is 0 Å². The largest absolute Gasteiger partial charge is 0.456 e. The minimum absolute atomic E-state index is 0.214. The van der Waals surface area contributed by atoms with Crippen molar-refractivity contribution in [3.05, 3.63) is 12.7 Å². The Bertz CT molecular complexity index is 262. The van der Waals surface area contributed by atoms with Crippen molar-refractivity contribution in [2.75, 3.05) is 7.11 Å². The first kappa shape index (κ1) is 13.2. The van der Waals surface area contributed by atoms with Gasteiger partial charge in [-0.1, -0.05) is 20.4 Å². The van der Waals surface area contributed by atoms with E-state index in [-0.39, 0.29) is 17.7 Å². The van der Waals surface area contributed by atoms with Crippen molar-refractivity contribution < 1.29 is 14.3 Å². The molecular formula is C13H22O3. The molecule has 3 atom stereocenters. The summed E-state index contributed by atoms with van der Waals surface area (Å²) in [4.78, 5) is 11.4. The van der Waals surface area contributed by atoms with Gasteiger partial charge in [0, 0.05) is 19.6 Å². The molecule has 0 saturated heterocycles. The highest BCUT2D eigenvalue weighted by Gasteiger charge is 2.45. The predicted molar refractivity (Wildman–Crippen MR) is 63.1 cm³/mol. The SMILES string of the molecule is C=CC(=O)OC1(C(C)CC)CCC(OC)C1. The first-order valence-corrected chi connectivity index (χ1v) is 5.96. The number of methoxy groups -OCH3 is 1. The lowest BCUT2D eigenvalue weighted by Gasteiger charge is -2.34. The van der Waals surface area contributed by atoms with E-state index >= 15 is 0 Å². The van der Waals surface area contributed by atoms with Crippen LogP contribution in [0.1, 0.15) is 39.5 Å². The minimum atomic E-state index is -0.347. The highest BCUT2D eigenvalue weighted by molar-refractivity contribution is 5.81. The summed E-state index contributed by atoms with van der Waals surface area (Å²) in [7, 11) is 1.71. The second-order valence-corrected chi connectivity index (χ2v) is 4.60. The average molecular weight is 226 g/mol. The van der Waals surface area contributed by atoms with Crippen LogP contribution in [0.2, 0.25) is 0 Å². The van der Waals surface area contributed by atoms with Gasteiger partial charge in [-0.25, -0.2) is 4.79 Å². The highest BCUT2D eigenvalue weighted by Crippen LogP contribution is 2.42. The van der Waals surface area contributed by atoms with Crippen LogP contribution in [0.4, 0.5) is 0 Å². The summed E-state index contributed by atoms with van der Waals surface area (Å²) in [6.07, 6.45) is 5.11. The summed E-state index contributed by atoms with van der Waals surface area (Å²) < 4.78 is 11.0. The Kier molecular flexibility index (Phi) is 4.54. The van der Waals surface area contributed by atoms with Gasteiger partial charge in [-0.15, -0.1) is 0 Å². The zero-order valence-corrected chi connectivity index (χ0v) is 10.5. The number of carbonyl (C=O) groups excluding carboxylic acids is 1. The van der Waals surface area contributed by atoms with Crippen LogP contribution in [0, 0.1) is 5.92 Å². The molecule has 1 aliphatic rings. The van der Waals surface area contributed by atoms with Gasteiger partial charge < -0.3 is 9.47 Å².